The molecule has 0 aromatic carbocycles. The van der Waals surface area contributed by atoms with Crippen LogP contribution in [0.3, 0.4) is 0 Å². The Bertz CT molecular complexity index is 198. The second-order valence-electron chi connectivity index (χ2n) is 5.32. The quantitative estimate of drug-likeness (QED) is 0.471. The fourth-order valence-corrected chi connectivity index (χ4v) is 2.25. The summed E-state index contributed by atoms with van der Waals surface area (Å²) in [5.74, 6) is 0. The van der Waals surface area contributed by atoms with E-state index in [-0.39, 0.29) is 6.10 Å². The summed E-state index contributed by atoms with van der Waals surface area (Å²) in [7, 11) is 0. The number of rotatable bonds is 13. The lowest BCUT2D eigenvalue weighted by Gasteiger charge is -2.08. The number of hydrogen-bond acceptors (Lipinski definition) is 2. The minimum Gasteiger partial charge on any atom is -0.393 e. The van der Waals surface area contributed by atoms with Crippen molar-refractivity contribution in [3.8, 4) is 6.07 Å². The molecule has 1 atom stereocenters. The van der Waals surface area contributed by atoms with Gasteiger partial charge in [-0.2, -0.15) is 5.26 Å². The summed E-state index contributed by atoms with van der Waals surface area (Å²) >= 11 is 0. The first-order chi connectivity index (χ1) is 8.81. The molecule has 18 heavy (non-hydrogen) atoms. The average molecular weight is 253 g/mol. The molecule has 2 nitrogen and oxygen atoms in total. The van der Waals surface area contributed by atoms with Crippen LogP contribution in [-0.2, 0) is 0 Å². The molecule has 0 aliphatic rings. The zero-order valence-electron chi connectivity index (χ0n) is 12.2. The topological polar surface area (TPSA) is 44.0 Å². The van der Waals surface area contributed by atoms with Gasteiger partial charge in [0.05, 0.1) is 12.2 Å². The van der Waals surface area contributed by atoms with E-state index in [2.05, 4.69) is 13.0 Å². The highest BCUT2D eigenvalue weighted by atomic mass is 16.3. The predicted octanol–water partition coefficient (Wildman–Crippen LogP) is 4.96. The average Bonchev–Trinajstić information content (AvgIpc) is 2.37. The summed E-state index contributed by atoms with van der Waals surface area (Å²) in [6.45, 7) is 2.25. The van der Waals surface area contributed by atoms with Crippen molar-refractivity contribution in [2.45, 2.75) is 96.5 Å². The molecule has 0 bridgehead atoms. The summed E-state index contributed by atoms with van der Waals surface area (Å²) in [4.78, 5) is 0. The van der Waals surface area contributed by atoms with Crippen molar-refractivity contribution in [3.05, 3.63) is 0 Å². The maximum absolute atomic E-state index is 9.67. The largest absolute Gasteiger partial charge is 0.393 e. The number of unbranched alkanes of at least 4 members (excludes halogenated alkanes) is 9. The van der Waals surface area contributed by atoms with Gasteiger partial charge in [-0.1, -0.05) is 64.7 Å². The van der Waals surface area contributed by atoms with Gasteiger partial charge in [-0.05, 0) is 19.3 Å². The predicted molar refractivity (Wildman–Crippen MR) is 77.3 cm³/mol. The molecule has 0 radical (unpaired) electrons. The van der Waals surface area contributed by atoms with Crippen molar-refractivity contribution in [1.29, 1.82) is 5.26 Å². The molecule has 0 rings (SSSR count). The molecule has 1 N–H and O–H groups in total. The van der Waals surface area contributed by atoms with Crippen LogP contribution in [0.4, 0.5) is 0 Å². The van der Waals surface area contributed by atoms with Crippen molar-refractivity contribution in [3.63, 3.8) is 0 Å². The van der Waals surface area contributed by atoms with Gasteiger partial charge in [0.1, 0.15) is 0 Å². The Kier molecular flexibility index (Phi) is 14.1. The molecule has 0 aromatic rings. The monoisotopic (exact) mass is 253 g/mol. The lowest BCUT2D eigenvalue weighted by atomic mass is 10.0. The van der Waals surface area contributed by atoms with Crippen LogP contribution in [0.25, 0.3) is 0 Å². The van der Waals surface area contributed by atoms with Crippen LogP contribution in [-0.4, -0.2) is 11.2 Å². The highest BCUT2D eigenvalue weighted by molar-refractivity contribution is 4.69. The van der Waals surface area contributed by atoms with Crippen LogP contribution in [0.1, 0.15) is 90.4 Å². The third kappa shape index (κ3) is 13.5. The molecule has 0 aliphatic carbocycles. The van der Waals surface area contributed by atoms with Gasteiger partial charge >= 0.3 is 0 Å². The Labute approximate surface area is 113 Å². The van der Waals surface area contributed by atoms with E-state index in [1.807, 2.05) is 0 Å². The van der Waals surface area contributed by atoms with Crippen LogP contribution in [0.2, 0.25) is 0 Å². The number of hydrogen-bond donors (Lipinski definition) is 1. The highest BCUT2D eigenvalue weighted by Crippen LogP contribution is 2.13. The smallest absolute Gasteiger partial charge is 0.0621 e. The molecule has 0 saturated heterocycles. The van der Waals surface area contributed by atoms with Crippen molar-refractivity contribution in [1.82, 2.24) is 0 Å². The van der Waals surface area contributed by atoms with E-state index >= 15 is 0 Å². The lowest BCUT2D eigenvalue weighted by Crippen LogP contribution is -2.05. The molecule has 0 saturated carbocycles. The Morgan fingerprint density at radius 2 is 1.33 bits per heavy atom. The van der Waals surface area contributed by atoms with Crippen LogP contribution < -0.4 is 0 Å². The molecule has 1 unspecified atom stereocenters. The Hall–Kier alpha value is -0.550. The van der Waals surface area contributed by atoms with Crippen molar-refractivity contribution < 1.29 is 5.11 Å². The third-order valence-corrected chi connectivity index (χ3v) is 3.47. The number of aliphatic hydroxyl groups excluding tert-OH is 1. The first-order valence-electron chi connectivity index (χ1n) is 7.86. The fraction of sp³-hybridized carbons (Fsp3) is 0.938. The second kappa shape index (κ2) is 14.5. The fourth-order valence-electron chi connectivity index (χ4n) is 2.25. The van der Waals surface area contributed by atoms with E-state index in [1.165, 1.54) is 51.4 Å². The van der Waals surface area contributed by atoms with E-state index in [0.29, 0.717) is 6.42 Å². The van der Waals surface area contributed by atoms with Gasteiger partial charge in [0.25, 0.3) is 0 Å². The van der Waals surface area contributed by atoms with Crippen LogP contribution in [0.5, 0.6) is 0 Å². The van der Waals surface area contributed by atoms with Gasteiger partial charge in [0.2, 0.25) is 0 Å². The van der Waals surface area contributed by atoms with E-state index in [4.69, 9.17) is 5.26 Å². The minimum atomic E-state index is -0.178. The first-order valence-corrected chi connectivity index (χ1v) is 7.86. The van der Waals surface area contributed by atoms with Gasteiger partial charge in [-0.25, -0.2) is 0 Å². The van der Waals surface area contributed by atoms with Crippen molar-refractivity contribution >= 4 is 0 Å². The van der Waals surface area contributed by atoms with E-state index in [9.17, 15) is 5.11 Å². The molecule has 0 spiro atoms. The molecule has 0 heterocycles. The maximum Gasteiger partial charge on any atom is 0.0621 e. The maximum atomic E-state index is 9.67. The van der Waals surface area contributed by atoms with E-state index in [1.54, 1.807) is 0 Å². The number of nitrogens with zero attached hydrogens (tertiary/aromatic N) is 1. The van der Waals surface area contributed by atoms with Crippen LogP contribution in [0, 0.1) is 11.3 Å². The van der Waals surface area contributed by atoms with Gasteiger partial charge in [0, 0.05) is 6.42 Å². The SMILES string of the molecule is CCCCCCCCCCCC(O)CCCC#N. The zero-order chi connectivity index (χ0) is 13.5. The molecular formula is C16H31NO. The standard InChI is InChI=1S/C16H31NO/c1-2-3-4-5-6-7-8-9-10-13-16(18)14-11-12-15-17/h16,18H,2-14H2,1H3. The minimum absolute atomic E-state index is 0.178. The van der Waals surface area contributed by atoms with E-state index < -0.39 is 0 Å². The zero-order valence-corrected chi connectivity index (χ0v) is 12.2. The molecule has 0 fully saturated rings. The third-order valence-electron chi connectivity index (χ3n) is 3.47. The molecule has 0 aliphatic heterocycles. The Morgan fingerprint density at radius 1 is 0.833 bits per heavy atom. The first kappa shape index (κ1) is 17.4. The van der Waals surface area contributed by atoms with Crippen LogP contribution >= 0.6 is 0 Å². The molecule has 0 amide bonds. The molecule has 2 heteroatoms. The Balaban J connectivity index is 3.08. The van der Waals surface area contributed by atoms with Gasteiger partial charge in [-0.3, -0.25) is 0 Å². The summed E-state index contributed by atoms with van der Waals surface area (Å²) in [5.41, 5.74) is 0. The molecular weight excluding hydrogens is 222 g/mol. The van der Waals surface area contributed by atoms with Gasteiger partial charge in [0.15, 0.2) is 0 Å². The number of aliphatic hydroxyl groups is 1. The van der Waals surface area contributed by atoms with E-state index in [0.717, 1.165) is 25.7 Å². The molecule has 106 valence electrons. The van der Waals surface area contributed by atoms with Crippen molar-refractivity contribution in [2.75, 3.05) is 0 Å². The molecule has 0 aromatic heterocycles. The summed E-state index contributed by atoms with van der Waals surface area (Å²) < 4.78 is 0. The summed E-state index contributed by atoms with van der Waals surface area (Å²) in [6, 6.07) is 2.12. The summed E-state index contributed by atoms with van der Waals surface area (Å²) in [6.07, 6.45) is 14.9. The van der Waals surface area contributed by atoms with Crippen molar-refractivity contribution in [2.24, 2.45) is 0 Å². The lowest BCUT2D eigenvalue weighted by molar-refractivity contribution is 0.148. The Morgan fingerprint density at radius 3 is 1.89 bits per heavy atom. The normalized spacial score (nSPS) is 12.3. The van der Waals surface area contributed by atoms with Gasteiger partial charge in [-0.15, -0.1) is 0 Å². The van der Waals surface area contributed by atoms with Gasteiger partial charge < -0.3 is 5.11 Å². The highest BCUT2D eigenvalue weighted by Gasteiger charge is 2.03. The summed E-state index contributed by atoms with van der Waals surface area (Å²) in [5, 5.41) is 18.1. The second-order valence-corrected chi connectivity index (χ2v) is 5.32. The number of nitriles is 1. The van der Waals surface area contributed by atoms with Crippen LogP contribution in [0.15, 0.2) is 0 Å².